The first-order chi connectivity index (χ1) is 11.2. The van der Waals surface area contributed by atoms with Gasteiger partial charge in [-0.05, 0) is 24.6 Å². The van der Waals surface area contributed by atoms with E-state index in [2.05, 4.69) is 50.1 Å². The fraction of sp³-hybridized carbons (Fsp3) is 0.400. The molecule has 1 aromatic carbocycles. The van der Waals surface area contributed by atoms with Crippen LogP contribution in [0.2, 0.25) is 0 Å². The summed E-state index contributed by atoms with van der Waals surface area (Å²) in [5, 5.41) is 9.51. The lowest BCUT2D eigenvalue weighted by Gasteiger charge is -2.37. The Kier molecular flexibility index (Phi) is 3.88. The highest BCUT2D eigenvalue weighted by Crippen LogP contribution is 2.28. The lowest BCUT2D eigenvalue weighted by molar-refractivity contribution is 0.198. The molecule has 2 N–H and O–H groups in total. The number of aromatic nitrogens is 3. The Bertz CT molecular complexity index is 805. The normalized spacial score (nSPS) is 17.7. The molecule has 0 spiro atoms. The van der Waals surface area contributed by atoms with Gasteiger partial charge in [-0.15, -0.1) is 21.5 Å². The SMILES string of the molecule is CC(c1ccc2ncsc2c1)N1CCN(c2nnc(N)s2)CC1. The molecule has 2 aromatic heterocycles. The first-order valence-electron chi connectivity index (χ1n) is 7.62. The number of piperazine rings is 1. The van der Waals surface area contributed by atoms with Crippen molar-refractivity contribution in [2.45, 2.75) is 13.0 Å². The molecule has 23 heavy (non-hydrogen) atoms. The molecule has 0 radical (unpaired) electrons. The average Bonchev–Trinajstić information content (AvgIpc) is 3.22. The highest BCUT2D eigenvalue weighted by molar-refractivity contribution is 7.18. The second-order valence-electron chi connectivity index (χ2n) is 5.70. The van der Waals surface area contributed by atoms with Gasteiger partial charge in [0.1, 0.15) is 0 Å². The molecule has 120 valence electrons. The van der Waals surface area contributed by atoms with Crippen molar-refractivity contribution in [2.24, 2.45) is 0 Å². The number of thiazole rings is 1. The van der Waals surface area contributed by atoms with Crippen LogP contribution in [0.1, 0.15) is 18.5 Å². The van der Waals surface area contributed by atoms with E-state index in [9.17, 15) is 0 Å². The molecule has 8 heteroatoms. The summed E-state index contributed by atoms with van der Waals surface area (Å²) < 4.78 is 1.26. The first-order valence-corrected chi connectivity index (χ1v) is 9.31. The molecular weight excluding hydrogens is 328 g/mol. The zero-order chi connectivity index (χ0) is 15.8. The van der Waals surface area contributed by atoms with E-state index in [0.29, 0.717) is 11.2 Å². The van der Waals surface area contributed by atoms with Crippen molar-refractivity contribution in [2.75, 3.05) is 36.8 Å². The van der Waals surface area contributed by atoms with Gasteiger partial charge in [0.2, 0.25) is 10.3 Å². The average molecular weight is 346 g/mol. The lowest BCUT2D eigenvalue weighted by Crippen LogP contribution is -2.47. The van der Waals surface area contributed by atoms with Crippen LogP contribution in [0.3, 0.4) is 0 Å². The fourth-order valence-corrected chi connectivity index (χ4v) is 4.38. The van der Waals surface area contributed by atoms with Gasteiger partial charge in [-0.2, -0.15) is 0 Å². The van der Waals surface area contributed by atoms with Gasteiger partial charge in [-0.1, -0.05) is 17.4 Å². The molecule has 1 unspecified atom stereocenters. The van der Waals surface area contributed by atoms with Crippen LogP contribution >= 0.6 is 22.7 Å². The minimum atomic E-state index is 0.406. The summed E-state index contributed by atoms with van der Waals surface area (Å²) in [6.07, 6.45) is 0. The molecule has 1 aliphatic heterocycles. The van der Waals surface area contributed by atoms with Crippen molar-refractivity contribution < 1.29 is 0 Å². The van der Waals surface area contributed by atoms with E-state index in [1.165, 1.54) is 21.6 Å². The van der Waals surface area contributed by atoms with E-state index in [4.69, 9.17) is 5.73 Å². The second-order valence-corrected chi connectivity index (χ2v) is 7.58. The van der Waals surface area contributed by atoms with Gasteiger partial charge in [0, 0.05) is 32.2 Å². The van der Waals surface area contributed by atoms with Crippen LogP contribution in [-0.4, -0.2) is 46.3 Å². The molecule has 1 fully saturated rings. The van der Waals surface area contributed by atoms with E-state index in [1.807, 2.05) is 5.51 Å². The van der Waals surface area contributed by atoms with Gasteiger partial charge < -0.3 is 10.6 Å². The number of rotatable bonds is 3. The number of anilines is 2. The van der Waals surface area contributed by atoms with Crippen LogP contribution in [-0.2, 0) is 0 Å². The molecule has 3 heterocycles. The molecule has 0 aliphatic carbocycles. The van der Waals surface area contributed by atoms with Crippen molar-refractivity contribution in [1.29, 1.82) is 0 Å². The van der Waals surface area contributed by atoms with E-state index in [-0.39, 0.29) is 0 Å². The third-order valence-electron chi connectivity index (χ3n) is 4.40. The number of hydrogen-bond acceptors (Lipinski definition) is 8. The van der Waals surface area contributed by atoms with Crippen LogP contribution in [0.15, 0.2) is 23.7 Å². The molecule has 0 amide bonds. The number of nitrogens with two attached hydrogens (primary N) is 1. The van der Waals surface area contributed by atoms with E-state index >= 15 is 0 Å². The maximum absolute atomic E-state index is 5.68. The van der Waals surface area contributed by atoms with Crippen LogP contribution < -0.4 is 10.6 Å². The standard InChI is InChI=1S/C15H18N6S2/c1-10(11-2-3-12-13(8-11)22-9-17-12)20-4-6-21(7-5-20)15-19-18-14(16)23-15/h2-3,8-10H,4-7H2,1H3,(H2,16,18). The van der Waals surface area contributed by atoms with Crippen molar-refractivity contribution in [3.8, 4) is 0 Å². The quantitative estimate of drug-likeness (QED) is 0.786. The highest BCUT2D eigenvalue weighted by Gasteiger charge is 2.24. The number of nitrogen functional groups attached to an aromatic ring is 1. The summed E-state index contributed by atoms with van der Waals surface area (Å²) >= 11 is 3.16. The van der Waals surface area contributed by atoms with Gasteiger partial charge in [-0.25, -0.2) is 4.98 Å². The minimum absolute atomic E-state index is 0.406. The number of benzene rings is 1. The van der Waals surface area contributed by atoms with E-state index < -0.39 is 0 Å². The summed E-state index contributed by atoms with van der Waals surface area (Å²) in [4.78, 5) is 9.14. The van der Waals surface area contributed by atoms with Gasteiger partial charge in [0.25, 0.3) is 0 Å². The Balaban J connectivity index is 1.44. The molecular formula is C15H18N6S2. The number of fused-ring (bicyclic) bond motifs is 1. The molecule has 0 bridgehead atoms. The van der Waals surface area contributed by atoms with E-state index in [1.54, 1.807) is 11.3 Å². The van der Waals surface area contributed by atoms with Crippen molar-refractivity contribution in [3.63, 3.8) is 0 Å². The molecule has 4 rings (SSSR count). The fourth-order valence-electron chi connectivity index (χ4n) is 3.00. The zero-order valence-electron chi connectivity index (χ0n) is 12.8. The van der Waals surface area contributed by atoms with Crippen LogP contribution in [0.25, 0.3) is 10.2 Å². The van der Waals surface area contributed by atoms with Gasteiger partial charge >= 0.3 is 0 Å². The molecule has 3 aromatic rings. The van der Waals surface area contributed by atoms with Crippen LogP contribution in [0.5, 0.6) is 0 Å². The lowest BCUT2D eigenvalue weighted by atomic mass is 10.1. The van der Waals surface area contributed by atoms with E-state index in [0.717, 1.165) is 36.8 Å². The molecule has 6 nitrogen and oxygen atoms in total. The highest BCUT2D eigenvalue weighted by atomic mass is 32.1. The van der Waals surface area contributed by atoms with Crippen molar-refractivity contribution >= 4 is 43.2 Å². The zero-order valence-corrected chi connectivity index (χ0v) is 14.5. The summed E-state index contributed by atoms with van der Waals surface area (Å²) in [6.45, 7) is 6.23. The predicted molar refractivity (Wildman–Crippen MR) is 96.1 cm³/mol. The molecule has 0 saturated carbocycles. The maximum Gasteiger partial charge on any atom is 0.210 e. The topological polar surface area (TPSA) is 71.2 Å². The summed E-state index contributed by atoms with van der Waals surface area (Å²) in [5.41, 5.74) is 10.0. The summed E-state index contributed by atoms with van der Waals surface area (Å²) in [7, 11) is 0. The van der Waals surface area contributed by atoms with Crippen LogP contribution in [0.4, 0.5) is 10.3 Å². The van der Waals surface area contributed by atoms with Crippen LogP contribution in [0, 0.1) is 0 Å². The maximum atomic E-state index is 5.68. The Morgan fingerprint density at radius 2 is 2.00 bits per heavy atom. The third kappa shape index (κ3) is 2.89. The number of hydrogen-bond donors (Lipinski definition) is 1. The second kappa shape index (κ2) is 6.03. The Hall–Kier alpha value is -1.77. The molecule has 1 atom stereocenters. The minimum Gasteiger partial charge on any atom is -0.374 e. The first kappa shape index (κ1) is 14.8. The Morgan fingerprint density at radius 3 is 2.74 bits per heavy atom. The molecule has 1 aliphatic rings. The van der Waals surface area contributed by atoms with Gasteiger partial charge in [-0.3, -0.25) is 4.90 Å². The smallest absolute Gasteiger partial charge is 0.210 e. The number of nitrogens with zero attached hydrogens (tertiary/aromatic N) is 5. The summed E-state index contributed by atoms with van der Waals surface area (Å²) in [5.74, 6) is 0. The largest absolute Gasteiger partial charge is 0.374 e. The van der Waals surface area contributed by atoms with Crippen molar-refractivity contribution in [3.05, 3.63) is 29.3 Å². The van der Waals surface area contributed by atoms with Gasteiger partial charge in [0.05, 0.1) is 15.7 Å². The van der Waals surface area contributed by atoms with Crippen molar-refractivity contribution in [1.82, 2.24) is 20.1 Å². The molecule has 1 saturated heterocycles. The summed E-state index contributed by atoms with van der Waals surface area (Å²) in [6, 6.07) is 7.00. The third-order valence-corrected chi connectivity index (χ3v) is 6.01. The monoisotopic (exact) mass is 346 g/mol. The predicted octanol–water partition coefficient (Wildman–Crippen LogP) is 2.61. The Labute approximate surface area is 142 Å². The van der Waals surface area contributed by atoms with Gasteiger partial charge in [0.15, 0.2) is 0 Å². The Morgan fingerprint density at radius 1 is 1.17 bits per heavy atom.